The van der Waals surface area contributed by atoms with E-state index in [9.17, 15) is 8.42 Å². The van der Waals surface area contributed by atoms with Crippen molar-refractivity contribution in [2.45, 2.75) is 18.2 Å². The zero-order valence-corrected chi connectivity index (χ0v) is 15.6. The zero-order chi connectivity index (χ0) is 16.9. The highest BCUT2D eigenvalue weighted by Gasteiger charge is 2.22. The van der Waals surface area contributed by atoms with E-state index in [2.05, 4.69) is 15.9 Å². The fourth-order valence-corrected chi connectivity index (χ4v) is 4.45. The van der Waals surface area contributed by atoms with Crippen LogP contribution in [0.3, 0.4) is 0 Å². The Balaban J connectivity index is 1.92. The van der Waals surface area contributed by atoms with Crippen molar-refractivity contribution in [3.8, 4) is 5.75 Å². The predicted octanol–water partition coefficient (Wildman–Crippen LogP) is 3.85. The number of halogens is 1. The van der Waals surface area contributed by atoms with Gasteiger partial charge in [-0.25, -0.2) is 12.7 Å². The third-order valence-corrected chi connectivity index (χ3v) is 6.24. The Morgan fingerprint density at radius 3 is 2.48 bits per heavy atom. The molecule has 2 aromatic carbocycles. The summed E-state index contributed by atoms with van der Waals surface area (Å²) in [6, 6.07) is 14.7. The molecule has 6 heteroatoms. The molecule has 4 nitrogen and oxygen atoms in total. The largest absolute Gasteiger partial charge is 0.494 e. The molecule has 0 N–H and O–H groups in total. The van der Waals surface area contributed by atoms with Gasteiger partial charge in [-0.1, -0.05) is 24.3 Å². The molecule has 2 aromatic rings. The fraction of sp³-hybridized carbons (Fsp3) is 0.294. The number of benzene rings is 2. The van der Waals surface area contributed by atoms with Crippen molar-refractivity contribution in [3.05, 3.63) is 58.6 Å². The van der Waals surface area contributed by atoms with Crippen molar-refractivity contribution in [1.82, 2.24) is 4.31 Å². The molecule has 0 aliphatic carbocycles. The normalized spacial score (nSPS) is 11.7. The van der Waals surface area contributed by atoms with Gasteiger partial charge in [-0.05, 0) is 59.1 Å². The van der Waals surface area contributed by atoms with Gasteiger partial charge in [0.1, 0.15) is 5.75 Å². The first-order valence-electron chi connectivity index (χ1n) is 7.31. The monoisotopic (exact) mass is 397 g/mol. The van der Waals surface area contributed by atoms with E-state index >= 15 is 0 Å². The third kappa shape index (κ3) is 4.80. The van der Waals surface area contributed by atoms with Crippen LogP contribution < -0.4 is 4.74 Å². The van der Waals surface area contributed by atoms with Gasteiger partial charge in [0.2, 0.25) is 10.0 Å². The van der Waals surface area contributed by atoms with Crippen LogP contribution in [0.4, 0.5) is 0 Å². The summed E-state index contributed by atoms with van der Waals surface area (Å²) in [5.74, 6) is 0.791. The molecule has 0 heterocycles. The molecule has 0 aromatic heterocycles. The summed E-state index contributed by atoms with van der Waals surface area (Å²) in [5, 5.41) is 0. The van der Waals surface area contributed by atoms with Crippen LogP contribution in [0.2, 0.25) is 0 Å². The molecule has 0 saturated carbocycles. The first-order valence-corrected chi connectivity index (χ1v) is 9.55. The number of nitrogens with zero attached hydrogens (tertiary/aromatic N) is 1. The molecule has 0 saturated heterocycles. The van der Waals surface area contributed by atoms with E-state index in [1.165, 1.54) is 4.31 Å². The Labute approximate surface area is 146 Å². The molecule has 0 fully saturated rings. The third-order valence-electron chi connectivity index (χ3n) is 3.40. The molecule has 0 unspecified atom stereocenters. The smallest absolute Gasteiger partial charge is 0.243 e. The van der Waals surface area contributed by atoms with Gasteiger partial charge in [-0.2, -0.15) is 0 Å². The second kappa shape index (κ2) is 7.95. The number of hydrogen-bond acceptors (Lipinski definition) is 3. The van der Waals surface area contributed by atoms with Gasteiger partial charge in [0.05, 0.1) is 11.5 Å². The van der Waals surface area contributed by atoms with Gasteiger partial charge in [0.15, 0.2) is 0 Å². The molecular formula is C17H20BrNO3S. The Morgan fingerprint density at radius 2 is 1.83 bits per heavy atom. The average Bonchev–Trinajstić information content (AvgIpc) is 2.52. The van der Waals surface area contributed by atoms with Crippen LogP contribution in [0.5, 0.6) is 5.75 Å². The molecule has 23 heavy (non-hydrogen) atoms. The number of ether oxygens (including phenoxy) is 1. The Kier molecular flexibility index (Phi) is 6.21. The minimum absolute atomic E-state index is 0.287. The van der Waals surface area contributed by atoms with Crippen LogP contribution in [-0.4, -0.2) is 32.9 Å². The number of rotatable bonds is 7. The van der Waals surface area contributed by atoms with Crippen LogP contribution in [-0.2, 0) is 10.0 Å². The summed E-state index contributed by atoms with van der Waals surface area (Å²) in [7, 11) is -1.91. The van der Waals surface area contributed by atoms with Gasteiger partial charge < -0.3 is 4.74 Å². The van der Waals surface area contributed by atoms with E-state index in [0.717, 1.165) is 11.3 Å². The summed E-state index contributed by atoms with van der Waals surface area (Å²) in [6.07, 6.45) is 0.619. The van der Waals surface area contributed by atoms with Crippen molar-refractivity contribution >= 4 is 26.0 Å². The van der Waals surface area contributed by atoms with Crippen LogP contribution >= 0.6 is 15.9 Å². The van der Waals surface area contributed by atoms with E-state index in [4.69, 9.17) is 4.74 Å². The van der Waals surface area contributed by atoms with Crippen LogP contribution in [0.1, 0.15) is 12.0 Å². The lowest BCUT2D eigenvalue weighted by Crippen LogP contribution is -2.29. The van der Waals surface area contributed by atoms with Crippen molar-refractivity contribution in [1.29, 1.82) is 0 Å². The topological polar surface area (TPSA) is 46.6 Å². The summed E-state index contributed by atoms with van der Waals surface area (Å²) in [5.41, 5.74) is 1.01. The minimum Gasteiger partial charge on any atom is -0.494 e. The lowest BCUT2D eigenvalue weighted by molar-refractivity contribution is 0.296. The first-order chi connectivity index (χ1) is 10.9. The zero-order valence-electron chi connectivity index (χ0n) is 13.2. The first kappa shape index (κ1) is 18.0. The maximum absolute atomic E-state index is 12.6. The molecule has 124 valence electrons. The van der Waals surface area contributed by atoms with E-state index in [1.54, 1.807) is 25.2 Å². The van der Waals surface area contributed by atoms with Crippen molar-refractivity contribution < 1.29 is 13.2 Å². The highest BCUT2D eigenvalue weighted by Crippen LogP contribution is 2.25. The van der Waals surface area contributed by atoms with Gasteiger partial charge in [0, 0.05) is 18.1 Å². The SMILES string of the molecule is Cc1ccc(S(=O)(=O)N(C)CCCOc2ccccc2)c(Br)c1. The van der Waals surface area contributed by atoms with E-state index in [0.29, 0.717) is 24.0 Å². The van der Waals surface area contributed by atoms with Crippen molar-refractivity contribution in [2.75, 3.05) is 20.2 Å². The van der Waals surface area contributed by atoms with E-state index in [-0.39, 0.29) is 4.90 Å². The van der Waals surface area contributed by atoms with Gasteiger partial charge >= 0.3 is 0 Å². The maximum atomic E-state index is 12.6. The lowest BCUT2D eigenvalue weighted by Gasteiger charge is -2.18. The summed E-state index contributed by atoms with van der Waals surface area (Å²) in [4.78, 5) is 0.287. The van der Waals surface area contributed by atoms with Crippen molar-refractivity contribution in [2.24, 2.45) is 0 Å². The van der Waals surface area contributed by atoms with E-state index in [1.807, 2.05) is 37.3 Å². The number of hydrogen-bond donors (Lipinski definition) is 0. The molecule has 2 rings (SSSR count). The van der Waals surface area contributed by atoms with Crippen LogP contribution in [0.25, 0.3) is 0 Å². The van der Waals surface area contributed by atoms with Crippen LogP contribution in [0.15, 0.2) is 57.9 Å². The second-order valence-corrected chi connectivity index (χ2v) is 8.14. The van der Waals surface area contributed by atoms with Gasteiger partial charge in [-0.3, -0.25) is 0 Å². The standard InChI is InChI=1S/C17H20BrNO3S/c1-14-9-10-17(16(18)13-14)23(20,21)19(2)11-6-12-22-15-7-4-3-5-8-15/h3-5,7-10,13H,6,11-12H2,1-2H3. The quantitative estimate of drug-likeness (QED) is 0.666. The molecule has 0 spiro atoms. The molecule has 0 amide bonds. The minimum atomic E-state index is -3.50. The highest BCUT2D eigenvalue weighted by atomic mass is 79.9. The number of aryl methyl sites for hydroxylation is 1. The molecule has 0 bridgehead atoms. The molecule has 0 aliphatic rings. The number of sulfonamides is 1. The number of para-hydroxylation sites is 1. The fourth-order valence-electron chi connectivity index (χ4n) is 2.10. The summed E-state index contributed by atoms with van der Waals surface area (Å²) >= 11 is 3.33. The Hall–Kier alpha value is -1.37. The van der Waals surface area contributed by atoms with Crippen molar-refractivity contribution in [3.63, 3.8) is 0 Å². The second-order valence-electron chi connectivity index (χ2n) is 5.28. The maximum Gasteiger partial charge on any atom is 0.243 e. The summed E-state index contributed by atoms with van der Waals surface area (Å²) < 4.78 is 32.7. The van der Waals surface area contributed by atoms with Crippen LogP contribution in [0, 0.1) is 6.92 Å². The average molecular weight is 398 g/mol. The molecule has 0 aliphatic heterocycles. The Bertz CT molecular complexity index is 748. The summed E-state index contributed by atoms with van der Waals surface area (Å²) in [6.45, 7) is 2.79. The highest BCUT2D eigenvalue weighted by molar-refractivity contribution is 9.10. The molecule has 0 atom stereocenters. The van der Waals surface area contributed by atoms with Gasteiger partial charge in [-0.15, -0.1) is 0 Å². The Morgan fingerprint density at radius 1 is 1.13 bits per heavy atom. The van der Waals surface area contributed by atoms with E-state index < -0.39 is 10.0 Å². The molecular weight excluding hydrogens is 378 g/mol. The van der Waals surface area contributed by atoms with Gasteiger partial charge in [0.25, 0.3) is 0 Å². The predicted molar refractivity (Wildman–Crippen MR) is 95.2 cm³/mol. The molecule has 0 radical (unpaired) electrons. The lowest BCUT2D eigenvalue weighted by atomic mass is 10.2.